The number of fused-ring (bicyclic) bond motifs is 1. The Labute approximate surface area is 129 Å². The zero-order valence-electron chi connectivity index (χ0n) is 11.2. The Bertz CT molecular complexity index is 814. The molecule has 0 aliphatic carbocycles. The number of rotatable bonds is 3. The molecule has 0 aliphatic heterocycles. The van der Waals surface area contributed by atoms with Crippen LogP contribution in [0.2, 0.25) is 0 Å². The van der Waals surface area contributed by atoms with E-state index in [1.165, 1.54) is 4.68 Å². The van der Waals surface area contributed by atoms with Crippen LogP contribution >= 0.6 is 15.9 Å². The van der Waals surface area contributed by atoms with Crippen molar-refractivity contribution in [3.05, 3.63) is 46.4 Å². The van der Waals surface area contributed by atoms with E-state index in [-0.39, 0.29) is 5.91 Å². The number of aryl methyl sites for hydroxylation is 1. The number of carbonyl (C=O) groups is 1. The fourth-order valence-corrected chi connectivity index (χ4v) is 2.64. The van der Waals surface area contributed by atoms with Crippen LogP contribution in [0.15, 0.2) is 40.9 Å². The van der Waals surface area contributed by atoms with Crippen LogP contribution in [0.4, 0.5) is 5.95 Å². The van der Waals surface area contributed by atoms with E-state index in [9.17, 15) is 4.79 Å². The smallest absolute Gasteiger partial charge is 0.258 e. The third kappa shape index (κ3) is 2.52. The second-order valence-electron chi connectivity index (χ2n) is 4.41. The van der Waals surface area contributed by atoms with Crippen molar-refractivity contribution >= 4 is 38.6 Å². The minimum Gasteiger partial charge on any atom is -0.289 e. The lowest BCUT2D eigenvalue weighted by Gasteiger charge is -2.08. The molecule has 0 radical (unpaired) electrons. The summed E-state index contributed by atoms with van der Waals surface area (Å²) < 4.78 is 2.48. The maximum absolute atomic E-state index is 12.5. The van der Waals surface area contributed by atoms with Gasteiger partial charge in [0.05, 0.1) is 0 Å². The number of tetrazole rings is 1. The number of anilines is 1. The Morgan fingerprint density at radius 1 is 1.24 bits per heavy atom. The number of halogens is 1. The van der Waals surface area contributed by atoms with Crippen LogP contribution in [0.5, 0.6) is 0 Å². The van der Waals surface area contributed by atoms with Gasteiger partial charge in [0.25, 0.3) is 5.91 Å². The second-order valence-corrected chi connectivity index (χ2v) is 5.27. The Morgan fingerprint density at radius 3 is 2.81 bits per heavy atom. The summed E-state index contributed by atoms with van der Waals surface area (Å²) in [6.45, 7) is 2.49. The van der Waals surface area contributed by atoms with Crippen molar-refractivity contribution in [3.8, 4) is 0 Å². The van der Waals surface area contributed by atoms with Crippen LogP contribution in [0.25, 0.3) is 10.8 Å². The van der Waals surface area contributed by atoms with E-state index in [0.29, 0.717) is 18.1 Å². The highest BCUT2D eigenvalue weighted by Gasteiger charge is 2.14. The molecule has 21 heavy (non-hydrogen) atoms. The number of nitrogens with one attached hydrogen (secondary N) is 1. The van der Waals surface area contributed by atoms with Crippen molar-refractivity contribution in [2.75, 3.05) is 5.32 Å². The third-order valence-electron chi connectivity index (χ3n) is 3.17. The predicted octanol–water partition coefficient (Wildman–Crippen LogP) is 2.86. The molecule has 0 bridgehead atoms. The zero-order chi connectivity index (χ0) is 14.8. The fourth-order valence-electron chi connectivity index (χ4n) is 2.15. The first-order chi connectivity index (χ1) is 10.2. The van der Waals surface area contributed by atoms with Crippen molar-refractivity contribution in [2.45, 2.75) is 13.5 Å². The van der Waals surface area contributed by atoms with Gasteiger partial charge in [-0.15, -0.1) is 0 Å². The van der Waals surface area contributed by atoms with Gasteiger partial charge in [-0.05, 0) is 40.3 Å². The zero-order valence-corrected chi connectivity index (χ0v) is 12.8. The molecule has 1 heterocycles. The largest absolute Gasteiger partial charge is 0.289 e. The number of nitrogens with zero attached hydrogens (tertiary/aromatic N) is 4. The van der Waals surface area contributed by atoms with Gasteiger partial charge in [-0.1, -0.05) is 45.3 Å². The Morgan fingerprint density at radius 2 is 2.00 bits per heavy atom. The normalized spacial score (nSPS) is 10.8. The summed E-state index contributed by atoms with van der Waals surface area (Å²) in [6, 6.07) is 11.4. The standard InChI is InChI=1S/C14H12BrN5O/c1-2-20-14(17-18-19-20)16-13(21)11-7-3-6-10-9(11)5-4-8-12(10)15/h3-8H,2H2,1H3,(H,16,17,19,21). The highest BCUT2D eigenvalue weighted by atomic mass is 79.9. The van der Waals surface area contributed by atoms with Gasteiger partial charge in [0.2, 0.25) is 5.95 Å². The summed E-state index contributed by atoms with van der Waals surface area (Å²) in [7, 11) is 0. The molecule has 0 spiro atoms. The van der Waals surface area contributed by atoms with Gasteiger partial charge in [-0.25, -0.2) is 4.68 Å². The van der Waals surface area contributed by atoms with Gasteiger partial charge in [0, 0.05) is 16.6 Å². The molecular formula is C14H12BrN5O. The van der Waals surface area contributed by atoms with Crippen molar-refractivity contribution in [3.63, 3.8) is 0 Å². The predicted molar refractivity (Wildman–Crippen MR) is 83.1 cm³/mol. The monoisotopic (exact) mass is 345 g/mol. The lowest BCUT2D eigenvalue weighted by Crippen LogP contribution is -2.16. The summed E-state index contributed by atoms with van der Waals surface area (Å²) in [6.07, 6.45) is 0. The quantitative estimate of drug-likeness (QED) is 0.792. The maximum Gasteiger partial charge on any atom is 0.258 e. The molecule has 6 nitrogen and oxygen atoms in total. The van der Waals surface area contributed by atoms with Crippen LogP contribution in [-0.4, -0.2) is 26.1 Å². The van der Waals surface area contributed by atoms with E-state index < -0.39 is 0 Å². The summed E-state index contributed by atoms with van der Waals surface area (Å²) in [5, 5.41) is 15.8. The van der Waals surface area contributed by atoms with Gasteiger partial charge in [-0.2, -0.15) is 0 Å². The van der Waals surface area contributed by atoms with Crippen LogP contribution in [0.1, 0.15) is 17.3 Å². The summed E-state index contributed by atoms with van der Waals surface area (Å²) in [5.41, 5.74) is 0.583. The Hall–Kier alpha value is -2.28. The SMILES string of the molecule is CCn1nnnc1NC(=O)c1cccc2c(Br)cccc12. The molecule has 0 saturated carbocycles. The number of benzene rings is 2. The number of hydrogen-bond donors (Lipinski definition) is 1. The van der Waals surface area contributed by atoms with Crippen molar-refractivity contribution in [2.24, 2.45) is 0 Å². The highest BCUT2D eigenvalue weighted by molar-refractivity contribution is 9.10. The number of amides is 1. The van der Waals surface area contributed by atoms with Crippen molar-refractivity contribution < 1.29 is 4.79 Å². The van der Waals surface area contributed by atoms with Gasteiger partial charge in [0.15, 0.2) is 0 Å². The highest BCUT2D eigenvalue weighted by Crippen LogP contribution is 2.26. The third-order valence-corrected chi connectivity index (χ3v) is 3.86. The average Bonchev–Trinajstić information content (AvgIpc) is 2.94. The lowest BCUT2D eigenvalue weighted by atomic mass is 10.0. The first kappa shape index (κ1) is 13.7. The minimum atomic E-state index is -0.233. The van der Waals surface area contributed by atoms with E-state index in [0.717, 1.165) is 15.2 Å². The Balaban J connectivity index is 2.01. The van der Waals surface area contributed by atoms with E-state index in [1.807, 2.05) is 37.3 Å². The molecule has 0 atom stereocenters. The van der Waals surface area contributed by atoms with Crippen LogP contribution in [0.3, 0.4) is 0 Å². The summed E-state index contributed by atoms with van der Waals surface area (Å²) in [4.78, 5) is 12.5. The lowest BCUT2D eigenvalue weighted by molar-refractivity contribution is 0.102. The molecule has 3 aromatic rings. The van der Waals surface area contributed by atoms with E-state index in [2.05, 4.69) is 36.8 Å². The van der Waals surface area contributed by atoms with E-state index >= 15 is 0 Å². The molecule has 7 heteroatoms. The van der Waals surface area contributed by atoms with Crippen molar-refractivity contribution in [1.29, 1.82) is 0 Å². The first-order valence-electron chi connectivity index (χ1n) is 6.45. The van der Waals surface area contributed by atoms with Crippen LogP contribution in [-0.2, 0) is 6.54 Å². The molecule has 3 rings (SSSR count). The van der Waals surface area contributed by atoms with Crippen LogP contribution in [0, 0.1) is 0 Å². The van der Waals surface area contributed by atoms with Gasteiger partial charge < -0.3 is 0 Å². The molecular weight excluding hydrogens is 334 g/mol. The van der Waals surface area contributed by atoms with Gasteiger partial charge in [0.1, 0.15) is 0 Å². The first-order valence-corrected chi connectivity index (χ1v) is 7.24. The molecule has 1 amide bonds. The maximum atomic E-state index is 12.5. The molecule has 2 aromatic carbocycles. The molecule has 0 saturated heterocycles. The summed E-state index contributed by atoms with van der Waals surface area (Å²) in [5.74, 6) is 0.109. The summed E-state index contributed by atoms with van der Waals surface area (Å²) >= 11 is 3.50. The molecule has 106 valence electrons. The number of carbonyl (C=O) groups excluding carboxylic acids is 1. The topological polar surface area (TPSA) is 72.7 Å². The Kier molecular flexibility index (Phi) is 3.66. The fraction of sp³-hybridized carbons (Fsp3) is 0.143. The number of aromatic nitrogens is 4. The van der Waals surface area contributed by atoms with Gasteiger partial charge >= 0.3 is 0 Å². The molecule has 0 unspecified atom stereocenters. The van der Waals surface area contributed by atoms with E-state index in [1.54, 1.807) is 6.07 Å². The minimum absolute atomic E-state index is 0.233. The van der Waals surface area contributed by atoms with Gasteiger partial charge in [-0.3, -0.25) is 10.1 Å². The molecule has 1 N–H and O–H groups in total. The second kappa shape index (κ2) is 5.61. The van der Waals surface area contributed by atoms with Crippen molar-refractivity contribution in [1.82, 2.24) is 20.2 Å². The molecule has 0 aliphatic rings. The van der Waals surface area contributed by atoms with E-state index in [4.69, 9.17) is 0 Å². The van der Waals surface area contributed by atoms with Crippen LogP contribution < -0.4 is 5.32 Å². The molecule has 1 aromatic heterocycles. The number of hydrogen-bond acceptors (Lipinski definition) is 4. The average molecular weight is 346 g/mol. The molecule has 0 fully saturated rings.